The molecule has 2 rings (SSSR count). The molecule has 0 saturated carbocycles. The quantitative estimate of drug-likeness (QED) is 0.120. The summed E-state index contributed by atoms with van der Waals surface area (Å²) in [5, 5.41) is 19.4. The molecular formula is C32H44N6O10S. The zero-order valence-corrected chi connectivity index (χ0v) is 28.8. The van der Waals surface area contributed by atoms with Gasteiger partial charge in [-0.2, -0.15) is 0 Å². The first-order chi connectivity index (χ1) is 22.8. The van der Waals surface area contributed by atoms with Gasteiger partial charge in [0, 0.05) is 26.0 Å². The Bertz CT molecular complexity index is 1580. The second-order valence-corrected chi connectivity index (χ2v) is 14.5. The molecule has 0 spiro atoms. The summed E-state index contributed by atoms with van der Waals surface area (Å²) < 4.78 is 29.2. The highest BCUT2D eigenvalue weighted by Crippen LogP contribution is 2.13. The number of amides is 6. The third-order valence-electron chi connectivity index (χ3n) is 6.51. The Labute approximate surface area is 285 Å². The number of hydrazine groups is 1. The molecule has 0 aliphatic rings. The van der Waals surface area contributed by atoms with Gasteiger partial charge in [0.25, 0.3) is 5.91 Å². The minimum atomic E-state index is -3.60. The SMILES string of the molecule is CC(=O)NNC(=O)[C@H](Cc1ccccc1)NC(=O)CNC(=O)[C@@H](CCS(C)(=O)=O)NC(=O)[C@H](Cc1ccc(O)cc1)NC(=O)OC(C)(C)C. The second kappa shape index (κ2) is 18.4. The number of alkyl carbamates (subject to hydrolysis) is 1. The normalized spacial score (nSPS) is 13.1. The van der Waals surface area contributed by atoms with Crippen molar-refractivity contribution in [3.63, 3.8) is 0 Å². The van der Waals surface area contributed by atoms with Crippen LogP contribution >= 0.6 is 0 Å². The van der Waals surface area contributed by atoms with Crippen LogP contribution in [0.25, 0.3) is 0 Å². The van der Waals surface area contributed by atoms with Crippen LogP contribution in [0.2, 0.25) is 0 Å². The standard InChI is InChI=1S/C32H44N6O10S/c1-20(39)37-38-30(44)26(17-21-9-7-6-8-10-21)34-27(41)19-33-28(42)24(15-16-49(5,46)47)35-29(43)25(36-31(45)48-32(2,3)4)18-22-11-13-23(40)14-12-22/h6-14,24-26,40H,15-19H2,1-5H3,(H,33,42)(H,34,41)(H,35,43)(H,36,45)(H,37,39)(H,38,44)/t24-,25+,26+/m1/s1. The maximum atomic E-state index is 13.5. The van der Waals surface area contributed by atoms with Crippen molar-refractivity contribution >= 4 is 45.5 Å². The zero-order valence-electron chi connectivity index (χ0n) is 28.0. The Balaban J connectivity index is 2.20. The predicted octanol–water partition coefficient (Wildman–Crippen LogP) is -0.241. The fourth-order valence-corrected chi connectivity index (χ4v) is 4.90. The lowest BCUT2D eigenvalue weighted by Crippen LogP contribution is -2.57. The summed E-state index contributed by atoms with van der Waals surface area (Å²) in [6.07, 6.45) is -0.378. The number of hydrogen-bond acceptors (Lipinski definition) is 10. The van der Waals surface area contributed by atoms with Crippen molar-refractivity contribution in [2.24, 2.45) is 0 Å². The number of sulfone groups is 1. The molecule has 17 heteroatoms. The van der Waals surface area contributed by atoms with Crippen molar-refractivity contribution in [1.82, 2.24) is 32.1 Å². The van der Waals surface area contributed by atoms with Crippen LogP contribution in [0.5, 0.6) is 5.75 Å². The van der Waals surface area contributed by atoms with E-state index in [0.29, 0.717) is 11.1 Å². The molecule has 2 aromatic rings. The lowest BCUT2D eigenvalue weighted by molar-refractivity contribution is -0.133. The fraction of sp³-hybridized carbons (Fsp3) is 0.438. The van der Waals surface area contributed by atoms with Gasteiger partial charge >= 0.3 is 6.09 Å². The molecule has 49 heavy (non-hydrogen) atoms. The minimum Gasteiger partial charge on any atom is -0.508 e. The Morgan fingerprint density at radius 2 is 1.33 bits per heavy atom. The summed E-state index contributed by atoms with van der Waals surface area (Å²) in [6, 6.07) is 10.6. The average Bonchev–Trinajstić information content (AvgIpc) is 3.00. The molecule has 16 nitrogen and oxygen atoms in total. The largest absolute Gasteiger partial charge is 0.508 e. The molecule has 0 fully saturated rings. The van der Waals surface area contributed by atoms with Crippen LogP contribution < -0.4 is 32.1 Å². The van der Waals surface area contributed by atoms with Gasteiger partial charge in [0.1, 0.15) is 39.3 Å². The van der Waals surface area contributed by atoms with Crippen molar-refractivity contribution < 1.29 is 47.0 Å². The number of hydrogen-bond donors (Lipinski definition) is 7. The molecule has 6 amide bonds. The molecule has 0 unspecified atom stereocenters. The van der Waals surface area contributed by atoms with E-state index in [0.717, 1.165) is 6.26 Å². The van der Waals surface area contributed by atoms with Gasteiger partial charge in [0.2, 0.25) is 23.6 Å². The van der Waals surface area contributed by atoms with E-state index >= 15 is 0 Å². The Morgan fingerprint density at radius 1 is 0.755 bits per heavy atom. The third kappa shape index (κ3) is 16.5. The number of benzene rings is 2. The number of rotatable bonds is 15. The van der Waals surface area contributed by atoms with Gasteiger partial charge in [0.15, 0.2) is 0 Å². The second-order valence-electron chi connectivity index (χ2n) is 12.2. The number of carbonyl (C=O) groups is 6. The van der Waals surface area contributed by atoms with Crippen molar-refractivity contribution in [2.75, 3.05) is 18.6 Å². The number of ether oxygens (including phenoxy) is 1. The van der Waals surface area contributed by atoms with E-state index in [1.807, 2.05) is 0 Å². The summed E-state index contributed by atoms with van der Waals surface area (Å²) in [7, 11) is -3.60. The average molecular weight is 705 g/mol. The highest BCUT2D eigenvalue weighted by atomic mass is 32.2. The molecule has 0 aromatic heterocycles. The molecule has 7 N–H and O–H groups in total. The lowest BCUT2D eigenvalue weighted by atomic mass is 10.0. The smallest absolute Gasteiger partial charge is 0.408 e. The summed E-state index contributed by atoms with van der Waals surface area (Å²) in [5.74, 6) is -4.34. The third-order valence-corrected chi connectivity index (χ3v) is 7.49. The van der Waals surface area contributed by atoms with Gasteiger partial charge in [-0.25, -0.2) is 13.2 Å². The van der Waals surface area contributed by atoms with Crippen LogP contribution in [0.4, 0.5) is 4.79 Å². The van der Waals surface area contributed by atoms with E-state index in [4.69, 9.17) is 4.74 Å². The minimum absolute atomic E-state index is 0.0221. The van der Waals surface area contributed by atoms with E-state index in [-0.39, 0.29) is 25.0 Å². The van der Waals surface area contributed by atoms with Crippen LogP contribution in [0.1, 0.15) is 45.2 Å². The number of nitrogens with one attached hydrogen (secondary N) is 6. The number of phenols is 1. The summed E-state index contributed by atoms with van der Waals surface area (Å²) in [6.45, 7) is 5.41. The van der Waals surface area contributed by atoms with Crippen LogP contribution in [-0.2, 0) is 51.4 Å². The lowest BCUT2D eigenvalue weighted by Gasteiger charge is -2.25. The molecule has 0 heterocycles. The molecule has 0 bridgehead atoms. The molecule has 3 atom stereocenters. The topological polar surface area (TPSA) is 238 Å². The first kappa shape index (κ1) is 40.0. The Morgan fingerprint density at radius 3 is 1.88 bits per heavy atom. The van der Waals surface area contributed by atoms with Gasteiger partial charge in [-0.3, -0.25) is 34.8 Å². The first-order valence-corrected chi connectivity index (χ1v) is 17.3. The highest BCUT2D eigenvalue weighted by Gasteiger charge is 2.30. The van der Waals surface area contributed by atoms with Crippen LogP contribution in [0.15, 0.2) is 54.6 Å². The van der Waals surface area contributed by atoms with E-state index in [9.17, 15) is 42.3 Å². The Hall–Kier alpha value is -5.19. The van der Waals surface area contributed by atoms with Crippen LogP contribution in [-0.4, -0.2) is 91.4 Å². The number of phenolic OH excluding ortho intramolecular Hbond substituents is 1. The van der Waals surface area contributed by atoms with Gasteiger partial charge < -0.3 is 31.1 Å². The van der Waals surface area contributed by atoms with E-state index < -0.39 is 81.5 Å². The van der Waals surface area contributed by atoms with Gasteiger partial charge in [-0.1, -0.05) is 42.5 Å². The monoisotopic (exact) mass is 704 g/mol. The molecule has 0 aliphatic heterocycles. The molecule has 268 valence electrons. The van der Waals surface area contributed by atoms with Crippen molar-refractivity contribution in [2.45, 2.75) is 70.7 Å². The molecule has 0 aliphatic carbocycles. The van der Waals surface area contributed by atoms with Crippen LogP contribution in [0.3, 0.4) is 0 Å². The fourth-order valence-electron chi connectivity index (χ4n) is 4.23. The van der Waals surface area contributed by atoms with Gasteiger partial charge in [-0.15, -0.1) is 0 Å². The molecule has 0 saturated heterocycles. The first-order valence-electron chi connectivity index (χ1n) is 15.2. The predicted molar refractivity (Wildman–Crippen MR) is 178 cm³/mol. The summed E-state index contributed by atoms with van der Waals surface area (Å²) in [4.78, 5) is 76.2. The maximum Gasteiger partial charge on any atom is 0.408 e. The van der Waals surface area contributed by atoms with Gasteiger partial charge in [-0.05, 0) is 50.5 Å². The maximum absolute atomic E-state index is 13.5. The van der Waals surface area contributed by atoms with E-state index in [1.165, 1.54) is 31.2 Å². The van der Waals surface area contributed by atoms with E-state index in [1.54, 1.807) is 51.1 Å². The summed E-state index contributed by atoms with van der Waals surface area (Å²) in [5.41, 5.74) is 4.69. The number of carbonyl (C=O) groups excluding carboxylic acids is 6. The highest BCUT2D eigenvalue weighted by molar-refractivity contribution is 7.90. The van der Waals surface area contributed by atoms with Crippen molar-refractivity contribution in [3.05, 3.63) is 65.7 Å². The molecule has 0 radical (unpaired) electrons. The number of aromatic hydroxyl groups is 1. The van der Waals surface area contributed by atoms with Gasteiger partial charge in [0.05, 0.1) is 12.3 Å². The Kier molecular flexibility index (Phi) is 15.0. The zero-order chi connectivity index (χ0) is 36.8. The van der Waals surface area contributed by atoms with Crippen molar-refractivity contribution in [3.8, 4) is 5.75 Å². The van der Waals surface area contributed by atoms with Crippen molar-refractivity contribution in [1.29, 1.82) is 0 Å². The van der Waals surface area contributed by atoms with Crippen LogP contribution in [0, 0.1) is 0 Å². The summed E-state index contributed by atoms with van der Waals surface area (Å²) >= 11 is 0. The van der Waals surface area contributed by atoms with E-state index in [2.05, 4.69) is 32.1 Å². The molecule has 2 aromatic carbocycles. The molecular weight excluding hydrogens is 660 g/mol.